The molecule has 0 saturated heterocycles. The number of para-hydroxylation sites is 2. The fraction of sp³-hybridized carbons (Fsp3) is 0.0441. The van der Waals surface area contributed by atoms with Gasteiger partial charge in [0.25, 0.3) is 0 Å². The summed E-state index contributed by atoms with van der Waals surface area (Å²) in [5, 5.41) is 7.26. The highest BCUT2D eigenvalue weighted by atomic mass is 15.0. The summed E-state index contributed by atoms with van der Waals surface area (Å²) < 4.78 is 14.5. The van der Waals surface area contributed by atoms with Crippen LogP contribution in [0.3, 0.4) is 0 Å². The number of rotatable bonds is 18. The Balaban J connectivity index is 0.000000125. The Morgan fingerprint density at radius 3 is 0.500 bits per heavy atom. The normalized spacial score (nSPS) is 11.3. The van der Waals surface area contributed by atoms with Crippen molar-refractivity contribution >= 4 is 88.7 Å². The topological polar surface area (TPSA) is 29.6 Å². The molecule has 6 nitrogen and oxygen atoms in total. The largest absolute Gasteiger partial charge is 0.309 e. The van der Waals surface area contributed by atoms with Crippen LogP contribution in [0.1, 0.15) is 66.8 Å². The fourth-order valence-corrected chi connectivity index (χ4v) is 20.2. The van der Waals surface area contributed by atoms with E-state index in [0.29, 0.717) is 0 Å². The molecule has 0 aliphatic rings. The Kier molecular flexibility index (Phi) is 23.8. The second-order valence-electron chi connectivity index (χ2n) is 37.4. The number of benzene rings is 19. The van der Waals surface area contributed by atoms with Gasteiger partial charge in [0, 0.05) is 66.4 Å². The Labute approximate surface area is 829 Å². The fourth-order valence-electron chi connectivity index (χ4n) is 20.2. The smallest absolute Gasteiger partial charge is 0.0542 e. The molecule has 0 aliphatic carbocycles. The van der Waals surface area contributed by atoms with Crippen LogP contribution in [-0.4, -0.2) is 27.4 Å². The third-order valence-corrected chi connectivity index (χ3v) is 27.6. The van der Waals surface area contributed by atoms with Gasteiger partial charge in [-0.25, -0.2) is 0 Å². The van der Waals surface area contributed by atoms with Gasteiger partial charge >= 0.3 is 0 Å². The summed E-state index contributed by atoms with van der Waals surface area (Å²) in [4.78, 5) is 0. The van der Waals surface area contributed by atoms with Gasteiger partial charge in [-0.3, -0.25) is 0 Å². The van der Waals surface area contributed by atoms with Gasteiger partial charge in [0.15, 0.2) is 0 Å². The van der Waals surface area contributed by atoms with Crippen LogP contribution in [0.15, 0.2) is 510 Å². The van der Waals surface area contributed by atoms with Crippen LogP contribution in [0.5, 0.6) is 0 Å². The van der Waals surface area contributed by atoms with Crippen molar-refractivity contribution in [1.29, 1.82) is 0 Å². The van der Waals surface area contributed by atoms with E-state index in [1.165, 1.54) is 200 Å². The maximum absolute atomic E-state index is 2.42. The lowest BCUT2D eigenvalue weighted by molar-refractivity contribution is 1.13. The molecule has 6 aromatic heterocycles. The summed E-state index contributed by atoms with van der Waals surface area (Å²) in [5.41, 5.74) is 45.4. The average Bonchev–Trinajstić information content (AvgIpc) is 1.59. The van der Waals surface area contributed by atoms with Crippen molar-refractivity contribution in [2.24, 2.45) is 0 Å². The maximum atomic E-state index is 2.42. The molecule has 0 spiro atoms. The van der Waals surface area contributed by atoms with Gasteiger partial charge in [-0.1, -0.05) is 397 Å². The zero-order chi connectivity index (χ0) is 95.7. The Hall–Kier alpha value is -18.1. The van der Waals surface area contributed by atoms with Crippen molar-refractivity contribution in [2.45, 2.75) is 41.5 Å². The first kappa shape index (κ1) is 87.9. The zero-order valence-corrected chi connectivity index (χ0v) is 80.3. The molecule has 142 heavy (non-hydrogen) atoms. The first-order chi connectivity index (χ1) is 69.8. The molecule has 0 saturated carbocycles. The molecule has 0 unspecified atom stereocenters. The lowest BCUT2D eigenvalue weighted by atomic mass is 9.96. The van der Waals surface area contributed by atoms with E-state index in [-0.39, 0.29) is 0 Å². The van der Waals surface area contributed by atoms with E-state index in [0.717, 1.165) is 44.9 Å². The minimum absolute atomic E-state index is 1.11. The van der Waals surface area contributed by atoms with E-state index in [1.807, 2.05) is 0 Å². The molecule has 0 fully saturated rings. The summed E-state index contributed by atoms with van der Waals surface area (Å²) in [7, 11) is 0. The van der Waals surface area contributed by atoms with Gasteiger partial charge in [0.05, 0.1) is 67.3 Å². The summed E-state index contributed by atoms with van der Waals surface area (Å²) in [6, 6.07) is 185. The minimum Gasteiger partial charge on any atom is -0.309 e. The molecule has 678 valence electrons. The van der Waals surface area contributed by atoms with Gasteiger partial charge < -0.3 is 27.4 Å². The molecule has 25 aromatic rings. The van der Waals surface area contributed by atoms with E-state index < -0.39 is 0 Å². The van der Waals surface area contributed by atoms with Gasteiger partial charge in [-0.05, 0) is 277 Å². The molecule has 0 N–H and O–H groups in total. The summed E-state index contributed by atoms with van der Waals surface area (Å²) in [5.74, 6) is 0. The minimum atomic E-state index is 1.11. The molecule has 0 atom stereocenters. The van der Waals surface area contributed by atoms with E-state index in [2.05, 4.69) is 591 Å². The van der Waals surface area contributed by atoms with Crippen molar-refractivity contribution < 1.29 is 0 Å². The van der Waals surface area contributed by atoms with Crippen LogP contribution in [0.2, 0.25) is 0 Å². The second-order valence-corrected chi connectivity index (χ2v) is 37.4. The lowest BCUT2D eigenvalue weighted by Crippen LogP contribution is -1.98. The average molecular weight is 1820 g/mol. The highest BCUT2D eigenvalue weighted by Crippen LogP contribution is 2.45. The lowest BCUT2D eigenvalue weighted by Gasteiger charge is -2.14. The molecule has 6 heteroatoms. The quantitative estimate of drug-likeness (QED) is 0.0767. The van der Waals surface area contributed by atoms with Crippen LogP contribution >= 0.6 is 0 Å². The molecule has 0 amide bonds. The van der Waals surface area contributed by atoms with Crippen LogP contribution in [0.25, 0.3) is 190 Å². The van der Waals surface area contributed by atoms with Crippen molar-refractivity contribution in [2.75, 3.05) is 0 Å². The van der Waals surface area contributed by atoms with E-state index in [4.69, 9.17) is 0 Å². The van der Waals surface area contributed by atoms with Crippen molar-refractivity contribution in [1.82, 2.24) is 27.4 Å². The summed E-state index contributed by atoms with van der Waals surface area (Å²) >= 11 is 0. The van der Waals surface area contributed by atoms with E-state index in [1.54, 1.807) is 0 Å². The number of hydrogen-bond donors (Lipinski definition) is 0. The van der Waals surface area contributed by atoms with Crippen LogP contribution in [0, 0.1) is 41.5 Å². The van der Waals surface area contributed by atoms with E-state index in [9.17, 15) is 0 Å². The third kappa shape index (κ3) is 17.6. The van der Waals surface area contributed by atoms with Crippen LogP contribution in [-0.2, 0) is 0 Å². The molecule has 6 heterocycles. The van der Waals surface area contributed by atoms with E-state index >= 15 is 0 Å². The van der Waals surface area contributed by atoms with Crippen molar-refractivity contribution in [3.05, 3.63) is 576 Å². The first-order valence-corrected chi connectivity index (χ1v) is 49.0. The number of hydrogen-bond acceptors (Lipinski definition) is 0. The highest BCUT2D eigenvalue weighted by Gasteiger charge is 2.25. The summed E-state index contributed by atoms with van der Waals surface area (Å²) in [6.45, 7) is 12.8. The Bertz CT molecular complexity index is 8290. The molecule has 0 bridgehead atoms. The predicted molar refractivity (Wildman–Crippen MR) is 601 cm³/mol. The summed E-state index contributed by atoms with van der Waals surface area (Å²) in [6.07, 6.45) is 4.60. The third-order valence-electron chi connectivity index (χ3n) is 27.6. The molecule has 19 aromatic carbocycles. The van der Waals surface area contributed by atoms with Gasteiger partial charge in [-0.15, -0.1) is 0 Å². The van der Waals surface area contributed by atoms with Crippen molar-refractivity contribution in [3.8, 4) is 102 Å². The SMILES string of the molecule is C(=C(c1ccccc1)c1ccccc1)c1ccc(-n2c(-c3ccccc3)cc3cc4c(cc(-c5ccccc5)n4-c4ccc(C=C(c5ccccc5)c5ccccc5)cc4)cc32)cc1.Cc1ccc(-c2cc3cc4c(cc(-c5ccc(C)cc5)n4-c4ccc(C)cc4)cc3n2-c2ccc(C)cc2)cc1.Cc1ccc(-c2cc3cc4c(cc(-c5ccc(C)cc5)n4-c4ccccc4)cc3n2-c2ccccc2)cc1. The molecule has 0 radical (unpaired) electrons. The van der Waals surface area contributed by atoms with Gasteiger partial charge in [0.2, 0.25) is 0 Å². The highest BCUT2D eigenvalue weighted by molar-refractivity contribution is 6.06. The number of nitrogens with zero attached hydrogens (tertiary/aromatic N) is 6. The van der Waals surface area contributed by atoms with Crippen LogP contribution < -0.4 is 0 Å². The molecular formula is C136H104N6. The molecule has 0 aliphatic heterocycles. The monoisotopic (exact) mass is 1820 g/mol. The number of aromatic nitrogens is 6. The van der Waals surface area contributed by atoms with Crippen LogP contribution in [0.4, 0.5) is 0 Å². The number of aryl methyl sites for hydroxylation is 6. The zero-order valence-electron chi connectivity index (χ0n) is 80.3. The van der Waals surface area contributed by atoms with Gasteiger partial charge in [0.1, 0.15) is 0 Å². The maximum Gasteiger partial charge on any atom is 0.0542 e. The number of fused-ring (bicyclic) bond motifs is 6. The van der Waals surface area contributed by atoms with Crippen molar-refractivity contribution in [3.63, 3.8) is 0 Å². The van der Waals surface area contributed by atoms with Gasteiger partial charge in [-0.2, -0.15) is 0 Å². The Morgan fingerprint density at radius 2 is 0.303 bits per heavy atom. The standard InChI is InChI=1S/C62H44N2.C38H32N2.C36H28N2/c1-7-19-47(20-8-1)57(48-21-9-2-10-22-48)39-45-31-35-55(36-32-45)63-59(51-27-15-5-16-28-51)41-53-44-62-54(43-61(53)63)42-60(52-29-17-6-18-30-52)64(62)56-37-33-46(34-38-56)40-58(49-23-11-3-12-24-49)50-25-13-4-14-26-50;1-25-5-13-29(14-6-25)35-21-31-23-38-32(24-37(31)39(35)33-17-9-27(3)10-18-33)22-36(30-15-7-26(2)8-16-30)40(38)34-19-11-28(4)12-20-34;1-25-13-17-27(18-14-25)33-21-29-23-36-30(24-35(29)37(33)31-9-5-3-6-10-31)22-34(28-19-15-26(2)16-20-28)38(36)32-11-7-4-8-12-32/h1-44H;5-24H,1-4H3;3-24H,1-2H3. The predicted octanol–water partition coefficient (Wildman–Crippen LogP) is 35.8. The first-order valence-electron chi connectivity index (χ1n) is 49.0. The second kappa shape index (κ2) is 38.5. The Morgan fingerprint density at radius 1 is 0.148 bits per heavy atom. The molecular weight excluding hydrogens is 1720 g/mol. The molecule has 25 rings (SSSR count).